The molecule has 0 saturated carbocycles. The molecular weight excluding hydrogens is 440 g/mol. The summed E-state index contributed by atoms with van der Waals surface area (Å²) in [5, 5.41) is 4.88. The standard InChI is InChI=1S/C25H24N2O5S/c1-4-27-22-8-6-5-7-19(22)21-13-17(10-12-23(21)27)26-24(28)15-32-25(29)20-14-18(33(3,30)31)11-9-16(20)2/h5-14H,4,15H2,1-3H3,(H,26,28). The Bertz CT molecular complexity index is 1500. The third-order valence-electron chi connectivity index (χ3n) is 5.56. The molecule has 8 heteroatoms. The van der Waals surface area contributed by atoms with Crippen LogP contribution in [0.15, 0.2) is 65.6 Å². The van der Waals surface area contributed by atoms with Gasteiger partial charge in [-0.2, -0.15) is 0 Å². The summed E-state index contributed by atoms with van der Waals surface area (Å²) in [5.74, 6) is -1.24. The number of ether oxygens (including phenoxy) is 1. The van der Waals surface area contributed by atoms with Gasteiger partial charge in [-0.15, -0.1) is 0 Å². The van der Waals surface area contributed by atoms with Crippen molar-refractivity contribution in [2.75, 3.05) is 18.2 Å². The Hall–Kier alpha value is -3.65. The molecule has 0 aliphatic rings. The van der Waals surface area contributed by atoms with Crippen LogP contribution in [0.1, 0.15) is 22.8 Å². The second-order valence-corrected chi connectivity index (χ2v) is 9.88. The molecule has 0 aliphatic carbocycles. The van der Waals surface area contributed by atoms with Gasteiger partial charge in [0, 0.05) is 40.3 Å². The van der Waals surface area contributed by atoms with E-state index in [4.69, 9.17) is 4.74 Å². The largest absolute Gasteiger partial charge is 0.452 e. The van der Waals surface area contributed by atoms with Crippen molar-refractivity contribution in [1.29, 1.82) is 0 Å². The molecule has 1 aromatic heterocycles. The van der Waals surface area contributed by atoms with Crippen molar-refractivity contribution in [3.8, 4) is 0 Å². The van der Waals surface area contributed by atoms with Crippen molar-refractivity contribution < 1.29 is 22.7 Å². The maximum absolute atomic E-state index is 12.5. The zero-order chi connectivity index (χ0) is 23.8. The van der Waals surface area contributed by atoms with E-state index in [9.17, 15) is 18.0 Å². The average molecular weight is 465 g/mol. The Morgan fingerprint density at radius 3 is 2.42 bits per heavy atom. The molecule has 0 spiro atoms. The zero-order valence-corrected chi connectivity index (χ0v) is 19.4. The summed E-state index contributed by atoms with van der Waals surface area (Å²) in [7, 11) is -3.47. The van der Waals surface area contributed by atoms with Crippen molar-refractivity contribution in [3.63, 3.8) is 0 Å². The average Bonchev–Trinajstić information content (AvgIpc) is 3.10. The van der Waals surface area contributed by atoms with Gasteiger partial charge in [-0.1, -0.05) is 24.3 Å². The molecule has 0 atom stereocenters. The van der Waals surface area contributed by atoms with Crippen LogP contribution in [-0.2, 0) is 25.9 Å². The number of amides is 1. The lowest BCUT2D eigenvalue weighted by molar-refractivity contribution is -0.119. The quantitative estimate of drug-likeness (QED) is 0.429. The smallest absolute Gasteiger partial charge is 0.338 e. The highest BCUT2D eigenvalue weighted by Crippen LogP contribution is 2.31. The van der Waals surface area contributed by atoms with Crippen LogP contribution in [0.4, 0.5) is 5.69 Å². The highest BCUT2D eigenvalue weighted by molar-refractivity contribution is 7.90. The number of anilines is 1. The van der Waals surface area contributed by atoms with Gasteiger partial charge in [0.15, 0.2) is 16.4 Å². The minimum atomic E-state index is -3.47. The molecule has 33 heavy (non-hydrogen) atoms. The van der Waals surface area contributed by atoms with Crippen LogP contribution in [0.3, 0.4) is 0 Å². The fraction of sp³-hybridized carbons (Fsp3) is 0.200. The molecule has 3 aromatic carbocycles. The summed E-state index contributed by atoms with van der Waals surface area (Å²) in [5.41, 5.74) is 3.46. The fourth-order valence-corrected chi connectivity index (χ4v) is 4.58. The first-order valence-electron chi connectivity index (χ1n) is 10.5. The fourth-order valence-electron chi connectivity index (χ4n) is 3.93. The minimum absolute atomic E-state index is 0.0176. The van der Waals surface area contributed by atoms with E-state index in [-0.39, 0.29) is 10.5 Å². The van der Waals surface area contributed by atoms with Crippen LogP contribution in [0.2, 0.25) is 0 Å². The van der Waals surface area contributed by atoms with Gasteiger partial charge in [-0.05, 0) is 55.8 Å². The van der Waals surface area contributed by atoms with Crippen LogP contribution in [0.25, 0.3) is 21.8 Å². The number of para-hydroxylation sites is 1. The summed E-state index contributed by atoms with van der Waals surface area (Å²) >= 11 is 0. The van der Waals surface area contributed by atoms with Crippen LogP contribution in [-0.4, -0.2) is 37.7 Å². The van der Waals surface area contributed by atoms with Crippen LogP contribution in [0, 0.1) is 6.92 Å². The van der Waals surface area contributed by atoms with Crippen LogP contribution < -0.4 is 5.32 Å². The molecule has 1 N–H and O–H groups in total. The number of aryl methyl sites for hydroxylation is 2. The van der Waals surface area contributed by atoms with Crippen molar-refractivity contribution in [2.24, 2.45) is 0 Å². The lowest BCUT2D eigenvalue weighted by atomic mass is 10.1. The molecule has 4 aromatic rings. The zero-order valence-electron chi connectivity index (χ0n) is 18.6. The number of fused-ring (bicyclic) bond motifs is 3. The Kier molecular flexibility index (Phi) is 5.95. The van der Waals surface area contributed by atoms with E-state index in [0.717, 1.165) is 34.6 Å². The van der Waals surface area contributed by atoms with Gasteiger partial charge < -0.3 is 14.6 Å². The number of carbonyl (C=O) groups excluding carboxylic acids is 2. The van der Waals surface area contributed by atoms with Crippen LogP contribution >= 0.6 is 0 Å². The first-order chi connectivity index (χ1) is 15.7. The topological polar surface area (TPSA) is 94.5 Å². The number of nitrogens with zero attached hydrogens (tertiary/aromatic N) is 1. The summed E-state index contributed by atoms with van der Waals surface area (Å²) < 4.78 is 30.9. The Balaban J connectivity index is 1.49. The Morgan fingerprint density at radius 1 is 0.970 bits per heavy atom. The van der Waals surface area contributed by atoms with Gasteiger partial charge in [-0.3, -0.25) is 4.79 Å². The van der Waals surface area contributed by atoms with Gasteiger partial charge >= 0.3 is 5.97 Å². The molecule has 7 nitrogen and oxygen atoms in total. The summed E-state index contributed by atoms with van der Waals surface area (Å²) in [6.07, 6.45) is 1.06. The highest BCUT2D eigenvalue weighted by atomic mass is 32.2. The van der Waals surface area contributed by atoms with Gasteiger partial charge in [-0.25, -0.2) is 13.2 Å². The molecule has 0 saturated heterocycles. The molecule has 4 rings (SSSR count). The molecule has 0 unspecified atom stereocenters. The van der Waals surface area contributed by atoms with Crippen molar-refractivity contribution in [3.05, 3.63) is 71.8 Å². The molecule has 1 heterocycles. The number of rotatable bonds is 6. The second-order valence-electron chi connectivity index (χ2n) is 7.87. The first kappa shape index (κ1) is 22.5. The van der Waals surface area contributed by atoms with Crippen molar-refractivity contribution >= 4 is 49.2 Å². The van der Waals surface area contributed by atoms with Crippen molar-refractivity contribution in [1.82, 2.24) is 4.57 Å². The maximum atomic E-state index is 12.5. The molecule has 0 fully saturated rings. The van der Waals surface area contributed by atoms with Crippen molar-refractivity contribution in [2.45, 2.75) is 25.3 Å². The number of hydrogen-bond donors (Lipinski definition) is 1. The normalized spacial score (nSPS) is 11.6. The highest BCUT2D eigenvalue weighted by Gasteiger charge is 2.17. The van der Waals surface area contributed by atoms with E-state index in [1.165, 1.54) is 18.2 Å². The molecule has 1 amide bonds. The number of benzene rings is 3. The van der Waals surface area contributed by atoms with E-state index in [1.807, 2.05) is 36.4 Å². The van der Waals surface area contributed by atoms with Gasteiger partial charge in [0.05, 0.1) is 10.5 Å². The summed E-state index contributed by atoms with van der Waals surface area (Å²) in [6, 6.07) is 18.0. The summed E-state index contributed by atoms with van der Waals surface area (Å²) in [4.78, 5) is 24.9. The number of aromatic nitrogens is 1. The van der Waals surface area contributed by atoms with E-state index in [2.05, 4.69) is 22.9 Å². The van der Waals surface area contributed by atoms with E-state index in [1.54, 1.807) is 6.92 Å². The van der Waals surface area contributed by atoms with Gasteiger partial charge in [0.2, 0.25) is 0 Å². The number of nitrogens with one attached hydrogen (secondary N) is 1. The summed E-state index contributed by atoms with van der Waals surface area (Å²) in [6.45, 7) is 4.09. The predicted octanol–water partition coefficient (Wildman–Crippen LogP) is 4.32. The third-order valence-corrected chi connectivity index (χ3v) is 6.67. The second kappa shape index (κ2) is 8.71. The molecule has 170 valence electrons. The molecule has 0 aliphatic heterocycles. The minimum Gasteiger partial charge on any atom is -0.452 e. The number of carbonyl (C=O) groups is 2. The van der Waals surface area contributed by atoms with Gasteiger partial charge in [0.25, 0.3) is 5.91 Å². The SMILES string of the molecule is CCn1c2ccccc2c2cc(NC(=O)COC(=O)c3cc(S(C)(=O)=O)ccc3C)ccc21. The number of hydrogen-bond acceptors (Lipinski definition) is 5. The van der Waals surface area contributed by atoms with E-state index in [0.29, 0.717) is 11.3 Å². The Morgan fingerprint density at radius 2 is 1.70 bits per heavy atom. The third kappa shape index (κ3) is 4.47. The number of esters is 1. The lowest BCUT2D eigenvalue weighted by Gasteiger charge is -2.10. The maximum Gasteiger partial charge on any atom is 0.338 e. The first-order valence-corrected chi connectivity index (χ1v) is 12.4. The Labute approximate surface area is 191 Å². The number of sulfone groups is 1. The molecule has 0 bridgehead atoms. The van der Waals surface area contributed by atoms with E-state index >= 15 is 0 Å². The van der Waals surface area contributed by atoms with Gasteiger partial charge in [0.1, 0.15) is 0 Å². The molecule has 0 radical (unpaired) electrons. The monoisotopic (exact) mass is 464 g/mol. The van der Waals surface area contributed by atoms with Crippen LogP contribution in [0.5, 0.6) is 0 Å². The van der Waals surface area contributed by atoms with E-state index < -0.39 is 28.3 Å². The predicted molar refractivity (Wildman–Crippen MR) is 128 cm³/mol. The molecular formula is C25H24N2O5S. The lowest BCUT2D eigenvalue weighted by Crippen LogP contribution is -2.21.